The Kier molecular flexibility index (Phi) is 4.12. The van der Waals surface area contributed by atoms with Gasteiger partial charge in [-0.3, -0.25) is 9.69 Å². The monoisotopic (exact) mass is 297 g/mol. The van der Waals surface area contributed by atoms with Gasteiger partial charge in [0, 0.05) is 31.0 Å². The van der Waals surface area contributed by atoms with E-state index in [0.29, 0.717) is 23.9 Å². The van der Waals surface area contributed by atoms with Crippen LogP contribution in [0.4, 0.5) is 0 Å². The van der Waals surface area contributed by atoms with Gasteiger partial charge in [0.05, 0.1) is 11.9 Å². The highest BCUT2D eigenvalue weighted by molar-refractivity contribution is 8.03. The lowest BCUT2D eigenvalue weighted by atomic mass is 9.83. The van der Waals surface area contributed by atoms with E-state index in [1.165, 1.54) is 30.6 Å². The van der Waals surface area contributed by atoms with Crippen molar-refractivity contribution in [2.75, 3.05) is 19.0 Å². The fraction of sp³-hybridized carbons (Fsp3) is 0.786. The summed E-state index contributed by atoms with van der Waals surface area (Å²) in [6.45, 7) is 3.58. The zero-order valence-corrected chi connectivity index (χ0v) is 12.7. The molecule has 2 heterocycles. The van der Waals surface area contributed by atoms with Gasteiger partial charge in [-0.15, -0.1) is 11.8 Å². The van der Waals surface area contributed by atoms with Crippen LogP contribution in [0.15, 0.2) is 10.8 Å². The van der Waals surface area contributed by atoms with Crippen LogP contribution in [-0.4, -0.2) is 47.0 Å². The molecule has 0 aromatic heterocycles. The van der Waals surface area contributed by atoms with Crippen LogP contribution in [0.1, 0.15) is 32.6 Å². The Labute approximate surface area is 124 Å². The number of carbonyl (C=O) groups excluding carboxylic acids is 1. The van der Waals surface area contributed by atoms with Crippen LogP contribution in [0.5, 0.6) is 0 Å². The molecule has 2 fully saturated rings. The third-order valence-electron chi connectivity index (χ3n) is 4.60. The number of nitrogens with one attached hydrogen (secondary N) is 2. The highest BCUT2D eigenvalue weighted by atomic mass is 32.2. The topological polar surface area (TPSA) is 64.6 Å². The van der Waals surface area contributed by atoms with Crippen LogP contribution in [-0.2, 0) is 4.79 Å². The van der Waals surface area contributed by atoms with Gasteiger partial charge < -0.3 is 15.7 Å². The van der Waals surface area contributed by atoms with Gasteiger partial charge in [-0.05, 0) is 31.6 Å². The minimum absolute atomic E-state index is 0.0755. The fourth-order valence-electron chi connectivity index (χ4n) is 3.54. The van der Waals surface area contributed by atoms with Crippen molar-refractivity contribution in [2.45, 2.75) is 44.7 Å². The largest absolute Gasteiger partial charge is 0.494 e. The molecule has 1 amide bonds. The van der Waals surface area contributed by atoms with E-state index in [2.05, 4.69) is 15.5 Å². The number of aliphatic hydroxyl groups excluding tert-OH is 1. The summed E-state index contributed by atoms with van der Waals surface area (Å²) in [5.74, 6) is 1.84. The molecular formula is C14H23N3O2S. The molecule has 1 saturated heterocycles. The van der Waals surface area contributed by atoms with Gasteiger partial charge in [0.2, 0.25) is 5.91 Å². The lowest BCUT2D eigenvalue weighted by molar-refractivity contribution is -0.121. The van der Waals surface area contributed by atoms with Crippen molar-refractivity contribution >= 4 is 17.7 Å². The zero-order valence-electron chi connectivity index (χ0n) is 11.9. The van der Waals surface area contributed by atoms with E-state index in [1.54, 1.807) is 18.7 Å². The maximum Gasteiger partial charge on any atom is 0.217 e. The second kappa shape index (κ2) is 5.85. The zero-order chi connectivity index (χ0) is 14.1. The Balaban J connectivity index is 1.44. The quantitative estimate of drug-likeness (QED) is 0.734. The summed E-state index contributed by atoms with van der Waals surface area (Å²) in [6, 6.07) is 1.02. The SMILES string of the molecule is CC(=O)NC1CN(C2CCC(C3=C(O)NCS3)CC2)C1. The minimum atomic E-state index is 0.0755. The smallest absolute Gasteiger partial charge is 0.217 e. The van der Waals surface area contributed by atoms with Crippen LogP contribution < -0.4 is 10.6 Å². The van der Waals surface area contributed by atoms with Crippen LogP contribution in [0.2, 0.25) is 0 Å². The molecule has 1 aliphatic carbocycles. The number of likely N-dealkylation sites (tertiary alicyclic amines) is 1. The summed E-state index contributed by atoms with van der Waals surface area (Å²) < 4.78 is 0. The number of nitrogens with zero attached hydrogens (tertiary/aromatic N) is 1. The molecule has 0 unspecified atom stereocenters. The second-order valence-corrected chi connectivity index (χ2v) is 7.05. The average molecular weight is 297 g/mol. The van der Waals surface area contributed by atoms with Gasteiger partial charge in [0.15, 0.2) is 5.88 Å². The minimum Gasteiger partial charge on any atom is -0.494 e. The maximum absolute atomic E-state index is 11.0. The lowest BCUT2D eigenvalue weighted by Crippen LogP contribution is -2.62. The van der Waals surface area contributed by atoms with E-state index < -0.39 is 0 Å². The second-order valence-electron chi connectivity index (χ2n) is 6.04. The Morgan fingerprint density at radius 2 is 2.05 bits per heavy atom. The summed E-state index contributed by atoms with van der Waals surface area (Å²) in [7, 11) is 0. The van der Waals surface area contributed by atoms with Crippen molar-refractivity contribution in [1.82, 2.24) is 15.5 Å². The Morgan fingerprint density at radius 3 is 2.60 bits per heavy atom. The molecule has 6 heteroatoms. The number of carbonyl (C=O) groups is 1. The number of hydrogen-bond acceptors (Lipinski definition) is 5. The molecule has 3 aliphatic rings. The van der Waals surface area contributed by atoms with Crippen molar-refractivity contribution in [1.29, 1.82) is 0 Å². The molecule has 2 aliphatic heterocycles. The number of hydrogen-bond donors (Lipinski definition) is 3. The van der Waals surface area contributed by atoms with Gasteiger partial charge >= 0.3 is 0 Å². The fourth-order valence-corrected chi connectivity index (χ4v) is 4.59. The highest BCUT2D eigenvalue weighted by Crippen LogP contribution is 2.40. The Hall–Kier alpha value is -0.880. The van der Waals surface area contributed by atoms with Crippen molar-refractivity contribution in [3.63, 3.8) is 0 Å². The number of rotatable bonds is 3. The molecule has 20 heavy (non-hydrogen) atoms. The van der Waals surface area contributed by atoms with Crippen molar-refractivity contribution < 1.29 is 9.90 Å². The van der Waals surface area contributed by atoms with Crippen LogP contribution in [0, 0.1) is 5.92 Å². The molecule has 5 nitrogen and oxygen atoms in total. The van der Waals surface area contributed by atoms with Gasteiger partial charge in [-0.2, -0.15) is 0 Å². The molecule has 3 N–H and O–H groups in total. The van der Waals surface area contributed by atoms with E-state index in [1.807, 2.05) is 0 Å². The first kappa shape index (κ1) is 14.1. The molecule has 0 aromatic rings. The highest BCUT2D eigenvalue weighted by Gasteiger charge is 2.36. The van der Waals surface area contributed by atoms with Crippen molar-refractivity contribution in [3.05, 3.63) is 10.8 Å². The first-order chi connectivity index (χ1) is 9.63. The maximum atomic E-state index is 11.0. The Morgan fingerprint density at radius 1 is 1.35 bits per heavy atom. The molecule has 0 spiro atoms. The average Bonchev–Trinajstić information content (AvgIpc) is 2.80. The van der Waals surface area contributed by atoms with Crippen LogP contribution >= 0.6 is 11.8 Å². The molecule has 0 atom stereocenters. The molecular weight excluding hydrogens is 274 g/mol. The first-order valence-corrected chi connectivity index (χ1v) is 8.43. The third-order valence-corrected chi connectivity index (χ3v) is 5.73. The Bertz CT molecular complexity index is 413. The number of thioether (sulfide) groups is 1. The normalized spacial score (nSPS) is 31.9. The predicted octanol–water partition coefficient (Wildman–Crippen LogP) is 1.39. The molecule has 1 saturated carbocycles. The third kappa shape index (κ3) is 2.91. The predicted molar refractivity (Wildman–Crippen MR) is 80.2 cm³/mol. The molecule has 112 valence electrons. The number of allylic oxidation sites excluding steroid dienone is 1. The van der Waals surface area contributed by atoms with Gasteiger partial charge in [-0.25, -0.2) is 0 Å². The van der Waals surface area contributed by atoms with E-state index in [-0.39, 0.29) is 5.91 Å². The van der Waals surface area contributed by atoms with E-state index in [9.17, 15) is 9.90 Å². The van der Waals surface area contributed by atoms with Gasteiger partial charge in [0.25, 0.3) is 0 Å². The molecule has 3 rings (SSSR count). The van der Waals surface area contributed by atoms with Gasteiger partial charge in [0.1, 0.15) is 0 Å². The van der Waals surface area contributed by atoms with Crippen molar-refractivity contribution in [3.8, 4) is 0 Å². The summed E-state index contributed by atoms with van der Waals surface area (Å²) in [5.41, 5.74) is 0. The van der Waals surface area contributed by atoms with Crippen molar-refractivity contribution in [2.24, 2.45) is 5.92 Å². The molecule has 0 bridgehead atoms. The van der Waals surface area contributed by atoms with Gasteiger partial charge in [-0.1, -0.05) is 0 Å². The summed E-state index contributed by atoms with van der Waals surface area (Å²) in [6.07, 6.45) is 4.74. The number of amides is 1. The van der Waals surface area contributed by atoms with E-state index >= 15 is 0 Å². The summed E-state index contributed by atoms with van der Waals surface area (Å²) in [4.78, 5) is 14.6. The standard InChI is InChI=1S/C14H23N3O2S/c1-9(18)16-11-6-17(7-11)12-4-2-10(3-5-12)13-14(19)15-8-20-13/h10-12,15,19H,2-8H2,1H3,(H,16,18). The molecule has 0 radical (unpaired) electrons. The van der Waals surface area contributed by atoms with Crippen LogP contribution in [0.25, 0.3) is 0 Å². The van der Waals surface area contributed by atoms with E-state index in [0.717, 1.165) is 19.0 Å². The summed E-state index contributed by atoms with van der Waals surface area (Å²) >= 11 is 1.75. The van der Waals surface area contributed by atoms with E-state index in [4.69, 9.17) is 0 Å². The number of aliphatic hydroxyl groups is 1. The summed E-state index contributed by atoms with van der Waals surface area (Å²) in [5, 5.41) is 15.8. The molecule has 0 aromatic carbocycles. The van der Waals surface area contributed by atoms with Crippen LogP contribution in [0.3, 0.4) is 0 Å². The first-order valence-electron chi connectivity index (χ1n) is 7.44. The lowest BCUT2D eigenvalue weighted by Gasteiger charge is -2.46.